The molecule has 0 spiro atoms. The highest BCUT2D eigenvalue weighted by Gasteiger charge is 2.25. The minimum absolute atomic E-state index is 0.426. The van der Waals surface area contributed by atoms with Crippen LogP contribution < -0.4 is 0 Å². The smallest absolute Gasteiger partial charge is 0.166 e. The lowest BCUT2D eigenvalue weighted by Crippen LogP contribution is -2.17. The highest BCUT2D eigenvalue weighted by atomic mass is 19.2. The number of hydrogen-bond donors (Lipinski definition) is 0. The van der Waals surface area contributed by atoms with E-state index in [9.17, 15) is 0 Å². The van der Waals surface area contributed by atoms with Gasteiger partial charge in [-0.3, -0.25) is 0 Å². The van der Waals surface area contributed by atoms with Gasteiger partial charge < -0.3 is 0 Å². The van der Waals surface area contributed by atoms with Gasteiger partial charge in [-0.2, -0.15) is 0 Å². The molecule has 194 valence electrons. The van der Waals surface area contributed by atoms with Crippen molar-refractivity contribution in [2.45, 2.75) is 124 Å². The van der Waals surface area contributed by atoms with Crippen LogP contribution in [0, 0.1) is 23.5 Å². The summed E-state index contributed by atoms with van der Waals surface area (Å²) in [4.78, 5) is 0. The van der Waals surface area contributed by atoms with E-state index in [1.54, 1.807) is 0 Å². The molecule has 2 heteroatoms. The van der Waals surface area contributed by atoms with Crippen molar-refractivity contribution in [3.63, 3.8) is 0 Å². The largest absolute Gasteiger partial charge is 0.203 e. The van der Waals surface area contributed by atoms with Gasteiger partial charge in [0.25, 0.3) is 0 Å². The van der Waals surface area contributed by atoms with Crippen LogP contribution in [0.5, 0.6) is 0 Å². The molecule has 0 heterocycles. The van der Waals surface area contributed by atoms with Crippen molar-refractivity contribution >= 4 is 0 Å². The van der Waals surface area contributed by atoms with Crippen molar-refractivity contribution in [3.8, 4) is 11.1 Å². The van der Waals surface area contributed by atoms with E-state index in [-0.39, 0.29) is 0 Å². The van der Waals surface area contributed by atoms with Crippen LogP contribution in [0.1, 0.15) is 121 Å². The molecule has 0 saturated carbocycles. The number of unbranched alkanes of at least 4 members (excludes halogenated alkanes) is 7. The highest BCUT2D eigenvalue weighted by Crippen LogP contribution is 2.36. The van der Waals surface area contributed by atoms with Crippen LogP contribution in [0.25, 0.3) is 11.1 Å². The van der Waals surface area contributed by atoms with E-state index in [1.807, 2.05) is 18.2 Å². The van der Waals surface area contributed by atoms with E-state index in [0.717, 1.165) is 42.7 Å². The number of rotatable bonds is 15. The summed E-state index contributed by atoms with van der Waals surface area (Å²) < 4.78 is 30.3. The van der Waals surface area contributed by atoms with Crippen LogP contribution in [-0.2, 0) is 19.3 Å². The Kier molecular flexibility index (Phi) is 11.8. The topological polar surface area (TPSA) is 0 Å². The first-order chi connectivity index (χ1) is 17.0. The van der Waals surface area contributed by atoms with Crippen LogP contribution in [0.3, 0.4) is 0 Å². The summed E-state index contributed by atoms with van der Waals surface area (Å²) in [6, 6.07) is 10.1. The molecular weight excluding hydrogens is 434 g/mol. The van der Waals surface area contributed by atoms with Gasteiger partial charge in [-0.1, -0.05) is 116 Å². The molecular formula is C33H48F2. The fourth-order valence-electron chi connectivity index (χ4n) is 5.63. The molecule has 0 bridgehead atoms. The van der Waals surface area contributed by atoms with Crippen molar-refractivity contribution in [2.24, 2.45) is 11.8 Å². The molecule has 1 aliphatic carbocycles. The highest BCUT2D eigenvalue weighted by molar-refractivity contribution is 5.66. The molecule has 2 unspecified atom stereocenters. The summed E-state index contributed by atoms with van der Waals surface area (Å²) in [7, 11) is 0. The first-order valence-corrected chi connectivity index (χ1v) is 14.6. The van der Waals surface area contributed by atoms with Crippen LogP contribution in [-0.4, -0.2) is 0 Å². The zero-order valence-electron chi connectivity index (χ0n) is 22.6. The molecule has 2 atom stereocenters. The summed E-state index contributed by atoms with van der Waals surface area (Å²) in [5, 5.41) is 0. The Morgan fingerprint density at radius 1 is 0.857 bits per heavy atom. The lowest BCUT2D eigenvalue weighted by molar-refractivity contribution is 0.388. The molecule has 0 nitrogen and oxygen atoms in total. The normalized spacial score (nSPS) is 16.3. The minimum atomic E-state index is -0.665. The van der Waals surface area contributed by atoms with E-state index in [4.69, 9.17) is 0 Å². The fourth-order valence-corrected chi connectivity index (χ4v) is 5.63. The number of hydrogen-bond acceptors (Lipinski definition) is 0. The molecule has 35 heavy (non-hydrogen) atoms. The lowest BCUT2D eigenvalue weighted by Gasteiger charge is -2.26. The summed E-state index contributed by atoms with van der Waals surface area (Å²) in [5.41, 5.74) is 4.16. The van der Waals surface area contributed by atoms with Crippen molar-refractivity contribution in [1.29, 1.82) is 0 Å². The Hall–Kier alpha value is -1.70. The van der Waals surface area contributed by atoms with Gasteiger partial charge in [0.2, 0.25) is 0 Å². The lowest BCUT2D eigenvalue weighted by atomic mass is 9.80. The van der Waals surface area contributed by atoms with Crippen LogP contribution in [0.4, 0.5) is 8.78 Å². The molecule has 0 N–H and O–H groups in total. The SMILES string of the molecule is CCCCCCCCCC1CCc2cc(-c3ccc(CCCCC(C)CC)cc3)c(F)c(F)c2C1. The second-order valence-electron chi connectivity index (χ2n) is 11.2. The molecule has 3 rings (SSSR count). The molecule has 0 radical (unpaired) electrons. The second-order valence-corrected chi connectivity index (χ2v) is 11.2. The van der Waals surface area contributed by atoms with Gasteiger partial charge in [0.1, 0.15) is 0 Å². The molecule has 0 saturated heterocycles. The van der Waals surface area contributed by atoms with Crippen LogP contribution >= 0.6 is 0 Å². The van der Waals surface area contributed by atoms with E-state index in [1.165, 1.54) is 76.2 Å². The monoisotopic (exact) mass is 482 g/mol. The molecule has 0 aliphatic heterocycles. The number of aryl methyl sites for hydroxylation is 2. The summed E-state index contributed by atoms with van der Waals surface area (Å²) in [6.45, 7) is 6.82. The maximum atomic E-state index is 15.2. The Labute approximate surface area is 213 Å². The van der Waals surface area contributed by atoms with Gasteiger partial charge in [0.15, 0.2) is 11.6 Å². The van der Waals surface area contributed by atoms with Crippen molar-refractivity contribution in [3.05, 3.63) is 58.7 Å². The third kappa shape index (κ3) is 8.43. The predicted octanol–water partition coefficient (Wildman–Crippen LogP) is 10.6. The van der Waals surface area contributed by atoms with Crippen molar-refractivity contribution in [1.82, 2.24) is 0 Å². The van der Waals surface area contributed by atoms with E-state index >= 15 is 8.78 Å². The van der Waals surface area contributed by atoms with E-state index in [2.05, 4.69) is 32.9 Å². The maximum Gasteiger partial charge on any atom is 0.166 e. The van der Waals surface area contributed by atoms with Gasteiger partial charge >= 0.3 is 0 Å². The summed E-state index contributed by atoms with van der Waals surface area (Å²) in [5.74, 6) is 0.0323. The number of fused-ring (bicyclic) bond motifs is 1. The van der Waals surface area contributed by atoms with Crippen LogP contribution in [0.15, 0.2) is 30.3 Å². The first-order valence-electron chi connectivity index (χ1n) is 14.6. The number of halogens is 2. The fraction of sp³-hybridized carbons (Fsp3) is 0.636. The second kappa shape index (κ2) is 14.8. The average molecular weight is 483 g/mol. The number of benzene rings is 2. The Morgan fingerprint density at radius 3 is 2.29 bits per heavy atom. The zero-order valence-corrected chi connectivity index (χ0v) is 22.6. The molecule has 2 aromatic carbocycles. The van der Waals surface area contributed by atoms with E-state index in [0.29, 0.717) is 23.5 Å². The Bertz CT molecular complexity index is 883. The Morgan fingerprint density at radius 2 is 1.57 bits per heavy atom. The molecule has 0 amide bonds. The van der Waals surface area contributed by atoms with Gasteiger partial charge in [-0.05, 0) is 72.3 Å². The summed E-state index contributed by atoms with van der Waals surface area (Å²) >= 11 is 0. The third-order valence-electron chi connectivity index (χ3n) is 8.31. The van der Waals surface area contributed by atoms with Crippen molar-refractivity contribution in [2.75, 3.05) is 0 Å². The third-order valence-corrected chi connectivity index (χ3v) is 8.31. The molecule has 0 fully saturated rings. The standard InChI is InChI=1S/C33H48F2/c1-4-6-7-8-9-10-11-16-27-19-22-29-24-31(33(35)32(34)30(29)23-27)28-20-17-26(18-21-28)15-13-12-14-25(3)5-2/h17-18,20-21,24-25,27H,4-16,19,22-23H2,1-3H3. The first kappa shape index (κ1) is 27.9. The Balaban J connectivity index is 1.54. The van der Waals surface area contributed by atoms with Gasteiger partial charge in [-0.25, -0.2) is 8.78 Å². The zero-order chi connectivity index (χ0) is 25.0. The van der Waals surface area contributed by atoms with Crippen molar-refractivity contribution < 1.29 is 8.78 Å². The van der Waals surface area contributed by atoms with Gasteiger partial charge in [0, 0.05) is 5.56 Å². The molecule has 1 aliphatic rings. The quantitative estimate of drug-likeness (QED) is 0.221. The minimum Gasteiger partial charge on any atom is -0.203 e. The molecule has 2 aromatic rings. The maximum absolute atomic E-state index is 15.2. The van der Waals surface area contributed by atoms with Gasteiger partial charge in [0.05, 0.1) is 0 Å². The van der Waals surface area contributed by atoms with Crippen LogP contribution in [0.2, 0.25) is 0 Å². The summed E-state index contributed by atoms with van der Waals surface area (Å²) in [6.07, 6.45) is 19.0. The van der Waals surface area contributed by atoms with E-state index < -0.39 is 11.6 Å². The average Bonchev–Trinajstić information content (AvgIpc) is 2.88. The van der Waals surface area contributed by atoms with Gasteiger partial charge in [-0.15, -0.1) is 0 Å². The predicted molar refractivity (Wildman–Crippen MR) is 147 cm³/mol. The molecule has 0 aromatic heterocycles.